The maximum atomic E-state index is 11.8. The van der Waals surface area contributed by atoms with E-state index < -0.39 is 11.7 Å². The van der Waals surface area contributed by atoms with Crippen LogP contribution in [0, 0.1) is 6.92 Å². The van der Waals surface area contributed by atoms with Gasteiger partial charge in [-0.15, -0.1) is 0 Å². The standard InChI is InChI=1S/C13H14O5/c1-6(14)3-9-4-8-5-10(15)7(2)12(16)11(8)13(17)18-9/h4-6,14-16H,3H2,1-2H3. The van der Waals surface area contributed by atoms with Crippen LogP contribution < -0.4 is 5.63 Å². The number of rotatable bonds is 2. The predicted octanol–water partition coefficient (Wildman–Crippen LogP) is 1.44. The highest BCUT2D eigenvalue weighted by atomic mass is 16.4. The van der Waals surface area contributed by atoms with Crippen LogP contribution in [0.15, 0.2) is 21.3 Å². The number of phenolic OH excluding ortho intramolecular Hbond substituents is 2. The summed E-state index contributed by atoms with van der Waals surface area (Å²) < 4.78 is 5.02. The second-order valence-corrected chi connectivity index (χ2v) is 4.39. The number of hydrogen-bond acceptors (Lipinski definition) is 5. The molecule has 5 heteroatoms. The summed E-state index contributed by atoms with van der Waals surface area (Å²) in [5.41, 5.74) is -0.443. The van der Waals surface area contributed by atoms with Crippen molar-refractivity contribution >= 4 is 10.8 Å². The highest BCUT2D eigenvalue weighted by Gasteiger charge is 2.14. The minimum Gasteiger partial charge on any atom is -0.508 e. The summed E-state index contributed by atoms with van der Waals surface area (Å²) in [7, 11) is 0. The summed E-state index contributed by atoms with van der Waals surface area (Å²) in [5, 5.41) is 29.1. The molecule has 3 N–H and O–H groups in total. The molecule has 0 saturated carbocycles. The number of aliphatic hydroxyl groups is 1. The van der Waals surface area contributed by atoms with Gasteiger partial charge in [-0.2, -0.15) is 0 Å². The van der Waals surface area contributed by atoms with Crippen LogP contribution in [0.2, 0.25) is 0 Å². The Morgan fingerprint density at radius 2 is 2.00 bits per heavy atom. The van der Waals surface area contributed by atoms with Gasteiger partial charge in [-0.05, 0) is 31.4 Å². The SMILES string of the molecule is Cc1c(O)cc2cc(CC(C)O)oc(=O)c2c1O. The first-order valence-corrected chi connectivity index (χ1v) is 5.56. The predicted molar refractivity (Wildman–Crippen MR) is 65.9 cm³/mol. The fourth-order valence-electron chi connectivity index (χ4n) is 1.87. The average Bonchev–Trinajstić information content (AvgIpc) is 2.24. The Labute approximate surface area is 103 Å². The number of aromatic hydroxyl groups is 2. The first kappa shape index (κ1) is 12.4. The number of phenols is 2. The summed E-state index contributed by atoms with van der Waals surface area (Å²) in [4.78, 5) is 11.8. The number of benzene rings is 1. The van der Waals surface area contributed by atoms with E-state index in [1.807, 2.05) is 0 Å². The molecule has 1 heterocycles. The highest BCUT2D eigenvalue weighted by Crippen LogP contribution is 2.33. The van der Waals surface area contributed by atoms with E-state index in [4.69, 9.17) is 4.42 Å². The molecule has 2 rings (SSSR count). The van der Waals surface area contributed by atoms with E-state index in [2.05, 4.69) is 0 Å². The van der Waals surface area contributed by atoms with Gasteiger partial charge in [0.15, 0.2) is 0 Å². The van der Waals surface area contributed by atoms with Crippen LogP contribution in [-0.2, 0) is 6.42 Å². The van der Waals surface area contributed by atoms with Crippen molar-refractivity contribution in [1.29, 1.82) is 0 Å². The summed E-state index contributed by atoms with van der Waals surface area (Å²) in [5.74, 6) is -0.0545. The van der Waals surface area contributed by atoms with Gasteiger partial charge in [0.1, 0.15) is 22.6 Å². The maximum absolute atomic E-state index is 11.8. The lowest BCUT2D eigenvalue weighted by molar-refractivity contribution is 0.186. The Hall–Kier alpha value is -2.01. The lowest BCUT2D eigenvalue weighted by Crippen LogP contribution is -2.09. The monoisotopic (exact) mass is 250 g/mol. The van der Waals surface area contributed by atoms with Crippen molar-refractivity contribution in [2.45, 2.75) is 26.4 Å². The molecular formula is C13H14O5. The van der Waals surface area contributed by atoms with Crippen LogP contribution in [0.4, 0.5) is 0 Å². The summed E-state index contributed by atoms with van der Waals surface area (Å²) in [6.07, 6.45) is -0.445. The van der Waals surface area contributed by atoms with Crippen LogP contribution in [0.3, 0.4) is 0 Å². The van der Waals surface area contributed by atoms with E-state index in [-0.39, 0.29) is 28.9 Å². The van der Waals surface area contributed by atoms with Crippen LogP contribution >= 0.6 is 0 Å². The van der Waals surface area contributed by atoms with Crippen molar-refractivity contribution in [3.8, 4) is 11.5 Å². The number of hydrogen-bond donors (Lipinski definition) is 3. The molecule has 0 radical (unpaired) electrons. The Bertz CT molecular complexity index is 654. The number of fused-ring (bicyclic) bond motifs is 1. The molecule has 0 spiro atoms. The molecule has 0 aliphatic rings. The van der Waals surface area contributed by atoms with E-state index in [0.29, 0.717) is 11.1 Å². The molecule has 1 atom stereocenters. The topological polar surface area (TPSA) is 90.9 Å². The molecule has 0 aliphatic heterocycles. The normalized spacial score (nSPS) is 12.8. The van der Waals surface area contributed by atoms with E-state index >= 15 is 0 Å². The molecule has 0 fully saturated rings. The summed E-state index contributed by atoms with van der Waals surface area (Å²) in [6, 6.07) is 2.93. The molecule has 0 aliphatic carbocycles. The molecule has 5 nitrogen and oxygen atoms in total. The molecule has 2 aromatic rings. The van der Waals surface area contributed by atoms with Gasteiger partial charge >= 0.3 is 5.63 Å². The Morgan fingerprint density at radius 1 is 1.33 bits per heavy atom. The lowest BCUT2D eigenvalue weighted by Gasteiger charge is -2.08. The molecule has 1 aromatic carbocycles. The van der Waals surface area contributed by atoms with Gasteiger partial charge in [0.2, 0.25) is 0 Å². The van der Waals surface area contributed by atoms with E-state index in [1.165, 1.54) is 19.1 Å². The van der Waals surface area contributed by atoms with Crippen molar-refractivity contribution < 1.29 is 19.7 Å². The van der Waals surface area contributed by atoms with Crippen molar-refractivity contribution in [3.63, 3.8) is 0 Å². The molecular weight excluding hydrogens is 236 g/mol. The Morgan fingerprint density at radius 3 is 2.61 bits per heavy atom. The second-order valence-electron chi connectivity index (χ2n) is 4.39. The molecule has 18 heavy (non-hydrogen) atoms. The van der Waals surface area contributed by atoms with Gasteiger partial charge in [0.25, 0.3) is 0 Å². The fourth-order valence-corrected chi connectivity index (χ4v) is 1.87. The van der Waals surface area contributed by atoms with Crippen molar-refractivity contribution in [2.75, 3.05) is 0 Å². The smallest absolute Gasteiger partial charge is 0.347 e. The molecule has 0 saturated heterocycles. The van der Waals surface area contributed by atoms with Gasteiger partial charge in [-0.1, -0.05) is 0 Å². The molecule has 0 bridgehead atoms. The minimum absolute atomic E-state index is 0.0413. The fraction of sp³-hybridized carbons (Fsp3) is 0.308. The molecule has 1 aromatic heterocycles. The average molecular weight is 250 g/mol. The Kier molecular flexibility index (Phi) is 3.00. The molecule has 0 amide bonds. The zero-order valence-corrected chi connectivity index (χ0v) is 10.1. The summed E-state index contributed by atoms with van der Waals surface area (Å²) in [6.45, 7) is 3.08. The third-order valence-corrected chi connectivity index (χ3v) is 2.80. The van der Waals surface area contributed by atoms with Gasteiger partial charge in [0.05, 0.1) is 6.10 Å². The first-order chi connectivity index (χ1) is 8.40. The van der Waals surface area contributed by atoms with E-state index in [1.54, 1.807) is 6.92 Å². The van der Waals surface area contributed by atoms with Gasteiger partial charge in [-0.25, -0.2) is 4.79 Å². The lowest BCUT2D eigenvalue weighted by atomic mass is 10.1. The quantitative estimate of drug-likeness (QED) is 0.750. The maximum Gasteiger partial charge on any atom is 0.347 e. The van der Waals surface area contributed by atoms with Gasteiger partial charge in [-0.3, -0.25) is 0 Å². The summed E-state index contributed by atoms with van der Waals surface area (Å²) >= 11 is 0. The highest BCUT2D eigenvalue weighted by molar-refractivity contribution is 5.90. The minimum atomic E-state index is -0.677. The number of aliphatic hydroxyl groups excluding tert-OH is 1. The molecule has 1 unspecified atom stereocenters. The second kappa shape index (κ2) is 4.34. The molecule has 96 valence electrons. The zero-order chi connectivity index (χ0) is 13.4. The largest absolute Gasteiger partial charge is 0.508 e. The van der Waals surface area contributed by atoms with E-state index in [9.17, 15) is 20.1 Å². The first-order valence-electron chi connectivity index (χ1n) is 5.56. The van der Waals surface area contributed by atoms with E-state index in [0.717, 1.165) is 0 Å². The van der Waals surface area contributed by atoms with Crippen LogP contribution in [0.1, 0.15) is 18.2 Å². The van der Waals surface area contributed by atoms with Crippen LogP contribution in [0.25, 0.3) is 10.8 Å². The Balaban J connectivity index is 2.74. The van der Waals surface area contributed by atoms with Crippen molar-refractivity contribution in [3.05, 3.63) is 33.9 Å². The van der Waals surface area contributed by atoms with Crippen LogP contribution in [-0.4, -0.2) is 21.4 Å². The van der Waals surface area contributed by atoms with Gasteiger partial charge in [0, 0.05) is 12.0 Å². The zero-order valence-electron chi connectivity index (χ0n) is 10.1. The third kappa shape index (κ3) is 2.04. The van der Waals surface area contributed by atoms with Crippen molar-refractivity contribution in [1.82, 2.24) is 0 Å². The van der Waals surface area contributed by atoms with Crippen molar-refractivity contribution in [2.24, 2.45) is 0 Å². The van der Waals surface area contributed by atoms with Gasteiger partial charge < -0.3 is 19.7 Å². The third-order valence-electron chi connectivity index (χ3n) is 2.80. The van der Waals surface area contributed by atoms with Crippen LogP contribution in [0.5, 0.6) is 11.5 Å².